The van der Waals surface area contributed by atoms with Crippen molar-refractivity contribution in [1.82, 2.24) is 0 Å². The Morgan fingerprint density at radius 2 is 2.04 bits per heavy atom. The minimum absolute atomic E-state index is 0.0444. The van der Waals surface area contributed by atoms with Gasteiger partial charge in [-0.1, -0.05) is 19.9 Å². The smallest absolute Gasteiger partial charge is 0.336 e. The number of rotatable bonds is 2. The van der Waals surface area contributed by atoms with E-state index in [4.69, 9.17) is 9.47 Å². The van der Waals surface area contributed by atoms with Gasteiger partial charge in [0.05, 0.1) is 11.7 Å². The summed E-state index contributed by atoms with van der Waals surface area (Å²) in [6.45, 7) is 8.92. The van der Waals surface area contributed by atoms with Gasteiger partial charge in [0, 0.05) is 23.0 Å². The zero-order valence-electron chi connectivity index (χ0n) is 16.0. The van der Waals surface area contributed by atoms with E-state index in [9.17, 15) is 19.8 Å². The van der Waals surface area contributed by atoms with Crippen LogP contribution in [0.5, 0.6) is 0 Å². The lowest BCUT2D eigenvalue weighted by Crippen LogP contribution is -2.61. The number of carbonyl (C=O) groups is 2. The van der Waals surface area contributed by atoms with Crippen LogP contribution in [0.2, 0.25) is 0 Å². The maximum Gasteiger partial charge on any atom is 0.336 e. The zero-order valence-corrected chi connectivity index (χ0v) is 16.0. The number of allylic oxidation sites excluding steroid dienone is 1. The Balaban J connectivity index is 2.14. The van der Waals surface area contributed by atoms with E-state index in [1.807, 2.05) is 13.8 Å². The standard InChI is InChI=1S/C20H28O6/c1-6-10(2)17(22)25-16-15-11(3)18(23)26-20(15,24)9-13-7-8-14(21)12(4)19(13,16)5/h6,12-14,16,21,24H,7-9H2,1-5H3/b10-6+/t12-,13+,14-,16+,19+,20?/m0/s1. The molecule has 1 aliphatic heterocycles. The van der Waals surface area contributed by atoms with Crippen molar-refractivity contribution in [3.63, 3.8) is 0 Å². The molecule has 0 radical (unpaired) electrons. The predicted molar refractivity (Wildman–Crippen MR) is 93.7 cm³/mol. The summed E-state index contributed by atoms with van der Waals surface area (Å²) in [5, 5.41) is 21.6. The van der Waals surface area contributed by atoms with Crippen molar-refractivity contribution in [2.24, 2.45) is 17.3 Å². The molecule has 0 spiro atoms. The van der Waals surface area contributed by atoms with Gasteiger partial charge in [-0.25, -0.2) is 9.59 Å². The second-order valence-electron chi connectivity index (χ2n) is 8.17. The van der Waals surface area contributed by atoms with E-state index >= 15 is 0 Å². The van der Waals surface area contributed by atoms with Crippen molar-refractivity contribution in [2.75, 3.05) is 0 Å². The van der Waals surface area contributed by atoms with Gasteiger partial charge in [-0.3, -0.25) is 0 Å². The number of fused-ring (bicyclic) bond motifs is 2. The number of hydrogen-bond acceptors (Lipinski definition) is 6. The first-order valence-corrected chi connectivity index (χ1v) is 9.25. The Bertz CT molecular complexity index is 707. The number of carbonyl (C=O) groups excluding carboxylic acids is 2. The van der Waals surface area contributed by atoms with Crippen molar-refractivity contribution in [3.05, 3.63) is 22.8 Å². The van der Waals surface area contributed by atoms with Gasteiger partial charge in [-0.15, -0.1) is 0 Å². The molecule has 3 aliphatic rings. The molecular formula is C20H28O6. The van der Waals surface area contributed by atoms with E-state index in [1.54, 1.807) is 26.8 Å². The first-order chi connectivity index (χ1) is 12.1. The van der Waals surface area contributed by atoms with Crippen LogP contribution in [0.25, 0.3) is 0 Å². The Morgan fingerprint density at radius 1 is 1.38 bits per heavy atom. The summed E-state index contributed by atoms with van der Waals surface area (Å²) < 4.78 is 11.2. The number of aliphatic hydroxyl groups is 2. The SMILES string of the molecule is C/C=C(\C)C(=O)O[C@@H]1C2=C(C)C(=O)OC2(O)C[C@H]2CC[C@H](O)[C@H](C)[C@]21C. The van der Waals surface area contributed by atoms with Crippen LogP contribution in [-0.2, 0) is 19.1 Å². The molecule has 2 N–H and O–H groups in total. The molecule has 144 valence electrons. The first kappa shape index (κ1) is 19.1. The Kier molecular flexibility index (Phi) is 4.56. The molecular weight excluding hydrogens is 336 g/mol. The van der Waals surface area contributed by atoms with Crippen LogP contribution in [0.1, 0.15) is 53.9 Å². The second kappa shape index (κ2) is 6.20. The lowest BCUT2D eigenvalue weighted by molar-refractivity contribution is -0.232. The molecule has 0 amide bonds. The fourth-order valence-electron chi connectivity index (χ4n) is 4.88. The molecule has 26 heavy (non-hydrogen) atoms. The summed E-state index contributed by atoms with van der Waals surface area (Å²) in [4.78, 5) is 24.7. The summed E-state index contributed by atoms with van der Waals surface area (Å²) in [6.07, 6.45) is 1.85. The monoisotopic (exact) mass is 364 g/mol. The van der Waals surface area contributed by atoms with Crippen molar-refractivity contribution in [3.8, 4) is 0 Å². The highest BCUT2D eigenvalue weighted by atomic mass is 16.7. The van der Waals surface area contributed by atoms with Gasteiger partial charge in [-0.05, 0) is 45.4 Å². The van der Waals surface area contributed by atoms with Gasteiger partial charge in [0.25, 0.3) is 0 Å². The van der Waals surface area contributed by atoms with E-state index < -0.39 is 35.3 Å². The van der Waals surface area contributed by atoms with Gasteiger partial charge in [-0.2, -0.15) is 0 Å². The molecule has 6 heteroatoms. The van der Waals surface area contributed by atoms with Crippen LogP contribution >= 0.6 is 0 Å². The quantitative estimate of drug-likeness (QED) is 0.577. The van der Waals surface area contributed by atoms with E-state index in [0.29, 0.717) is 24.0 Å². The van der Waals surface area contributed by atoms with Crippen LogP contribution in [0.4, 0.5) is 0 Å². The highest BCUT2D eigenvalue weighted by molar-refractivity contribution is 5.93. The normalized spacial score (nSPS) is 42.9. The van der Waals surface area contributed by atoms with E-state index in [1.165, 1.54) is 0 Å². The molecule has 0 bridgehead atoms. The van der Waals surface area contributed by atoms with Gasteiger partial charge in [0.2, 0.25) is 5.79 Å². The average Bonchev–Trinajstić information content (AvgIpc) is 2.81. The van der Waals surface area contributed by atoms with E-state index in [2.05, 4.69) is 0 Å². The van der Waals surface area contributed by atoms with Crippen LogP contribution < -0.4 is 0 Å². The van der Waals surface area contributed by atoms with Crippen molar-refractivity contribution in [1.29, 1.82) is 0 Å². The highest BCUT2D eigenvalue weighted by Crippen LogP contribution is 2.60. The maximum absolute atomic E-state index is 12.5. The van der Waals surface area contributed by atoms with Crippen LogP contribution in [0, 0.1) is 17.3 Å². The molecule has 0 aromatic heterocycles. The predicted octanol–water partition coefficient (Wildman–Crippen LogP) is 2.24. The van der Waals surface area contributed by atoms with E-state index in [0.717, 1.165) is 0 Å². The molecule has 0 aromatic carbocycles. The molecule has 0 saturated heterocycles. The largest absolute Gasteiger partial charge is 0.454 e. The van der Waals surface area contributed by atoms with Crippen molar-refractivity contribution < 1.29 is 29.3 Å². The molecule has 2 aliphatic carbocycles. The topological polar surface area (TPSA) is 93.1 Å². The summed E-state index contributed by atoms with van der Waals surface area (Å²) in [5.74, 6) is -3.01. The molecule has 0 aromatic rings. The summed E-state index contributed by atoms with van der Waals surface area (Å²) in [7, 11) is 0. The number of esters is 2. The Hall–Kier alpha value is -1.66. The molecule has 6 atom stereocenters. The third-order valence-electron chi connectivity index (χ3n) is 6.97. The lowest BCUT2D eigenvalue weighted by atomic mass is 9.51. The zero-order chi connectivity index (χ0) is 19.4. The summed E-state index contributed by atoms with van der Waals surface area (Å²) in [5.41, 5.74) is 0.472. The van der Waals surface area contributed by atoms with Crippen LogP contribution in [0.15, 0.2) is 22.8 Å². The average molecular weight is 364 g/mol. The number of ether oxygens (including phenoxy) is 2. The number of hydrogen-bond donors (Lipinski definition) is 2. The van der Waals surface area contributed by atoms with Gasteiger partial charge in [0.1, 0.15) is 6.10 Å². The Labute approximate surface area is 153 Å². The van der Waals surface area contributed by atoms with Gasteiger partial charge < -0.3 is 19.7 Å². The third kappa shape index (κ3) is 2.54. The molecule has 2 fully saturated rings. The lowest BCUT2D eigenvalue weighted by Gasteiger charge is -2.57. The maximum atomic E-state index is 12.5. The molecule has 1 unspecified atom stereocenters. The fraction of sp³-hybridized carbons (Fsp3) is 0.700. The first-order valence-electron chi connectivity index (χ1n) is 9.25. The van der Waals surface area contributed by atoms with Gasteiger partial charge >= 0.3 is 11.9 Å². The summed E-state index contributed by atoms with van der Waals surface area (Å²) >= 11 is 0. The van der Waals surface area contributed by atoms with Crippen molar-refractivity contribution >= 4 is 11.9 Å². The third-order valence-corrected chi connectivity index (χ3v) is 6.97. The molecule has 3 rings (SSSR count). The number of aliphatic hydroxyl groups excluding tert-OH is 1. The van der Waals surface area contributed by atoms with Crippen LogP contribution in [0.3, 0.4) is 0 Å². The second-order valence-corrected chi connectivity index (χ2v) is 8.17. The molecule has 6 nitrogen and oxygen atoms in total. The van der Waals surface area contributed by atoms with Crippen molar-refractivity contribution in [2.45, 2.75) is 71.9 Å². The Morgan fingerprint density at radius 3 is 2.65 bits per heavy atom. The molecule has 1 heterocycles. The minimum atomic E-state index is -1.73. The minimum Gasteiger partial charge on any atom is -0.454 e. The molecule has 2 saturated carbocycles. The summed E-state index contributed by atoms with van der Waals surface area (Å²) in [6, 6.07) is 0. The van der Waals surface area contributed by atoms with Gasteiger partial charge in [0.15, 0.2) is 0 Å². The highest BCUT2D eigenvalue weighted by Gasteiger charge is 2.65. The van der Waals surface area contributed by atoms with Crippen LogP contribution in [-0.4, -0.2) is 40.1 Å². The van der Waals surface area contributed by atoms with E-state index in [-0.39, 0.29) is 23.8 Å². The fourth-order valence-corrected chi connectivity index (χ4v) is 4.88.